The summed E-state index contributed by atoms with van der Waals surface area (Å²) in [5.74, 6) is 0.775. The third-order valence-electron chi connectivity index (χ3n) is 3.61. The maximum atomic E-state index is 6.16. The van der Waals surface area contributed by atoms with Gasteiger partial charge in [-0.05, 0) is 48.9 Å². The lowest BCUT2D eigenvalue weighted by Gasteiger charge is -2.19. The van der Waals surface area contributed by atoms with Gasteiger partial charge in [0, 0.05) is 21.1 Å². The molecule has 0 aliphatic heterocycles. The first-order chi connectivity index (χ1) is 7.66. The van der Waals surface area contributed by atoms with Crippen molar-refractivity contribution in [2.75, 3.05) is 0 Å². The van der Waals surface area contributed by atoms with E-state index in [1.165, 1.54) is 23.1 Å². The molecule has 1 aromatic heterocycles. The Kier molecular flexibility index (Phi) is 2.39. The van der Waals surface area contributed by atoms with Gasteiger partial charge in [0.25, 0.3) is 0 Å². The maximum Gasteiger partial charge on any atom is 0.234 e. The zero-order valence-corrected chi connectivity index (χ0v) is 10.9. The number of benzene rings is 1. The minimum atomic E-state index is 0.775. The summed E-state index contributed by atoms with van der Waals surface area (Å²) in [6.07, 6.45) is 3.52. The van der Waals surface area contributed by atoms with Gasteiger partial charge in [0.15, 0.2) is 0 Å². The van der Waals surface area contributed by atoms with Crippen LogP contribution in [0.15, 0.2) is 22.7 Å². The molecule has 3 rings (SSSR count). The van der Waals surface area contributed by atoms with Crippen molar-refractivity contribution in [1.29, 1.82) is 0 Å². The molecular formula is C13H13BBrN. The zero-order chi connectivity index (χ0) is 11.3. The van der Waals surface area contributed by atoms with Crippen LogP contribution in [0.5, 0.6) is 0 Å². The molecule has 16 heavy (non-hydrogen) atoms. The molecule has 0 spiro atoms. The molecule has 0 fully saturated rings. The molecule has 1 aromatic carbocycles. The Labute approximate surface area is 105 Å². The van der Waals surface area contributed by atoms with Crippen molar-refractivity contribution < 1.29 is 0 Å². The van der Waals surface area contributed by atoms with Crippen LogP contribution in [0.1, 0.15) is 24.6 Å². The number of nitrogens with zero attached hydrogens (tertiary/aromatic N) is 1. The fourth-order valence-electron chi connectivity index (χ4n) is 2.74. The zero-order valence-electron chi connectivity index (χ0n) is 9.33. The summed E-state index contributed by atoms with van der Waals surface area (Å²) >= 11 is 3.53. The van der Waals surface area contributed by atoms with Gasteiger partial charge in [-0.2, -0.15) is 0 Å². The lowest BCUT2D eigenvalue weighted by Crippen LogP contribution is -2.12. The molecular weight excluding hydrogens is 261 g/mol. The topological polar surface area (TPSA) is 4.93 Å². The summed E-state index contributed by atoms with van der Waals surface area (Å²) < 4.78 is 3.01. The molecule has 1 nitrogen and oxygen atoms in total. The molecule has 80 valence electrons. The fourth-order valence-corrected chi connectivity index (χ4v) is 3.10. The Morgan fingerprint density at radius 1 is 1.44 bits per heavy atom. The van der Waals surface area contributed by atoms with Crippen molar-refractivity contribution in [2.45, 2.75) is 26.2 Å². The molecule has 2 aromatic rings. The highest BCUT2D eigenvalue weighted by Gasteiger charge is 2.21. The fraction of sp³-hybridized carbons (Fsp3) is 0.385. The predicted molar refractivity (Wildman–Crippen MR) is 72.0 cm³/mol. The van der Waals surface area contributed by atoms with E-state index in [-0.39, 0.29) is 0 Å². The van der Waals surface area contributed by atoms with Gasteiger partial charge < -0.3 is 4.48 Å². The SMILES string of the molecule is [B]n1c2c(c3cc(Br)ccc31)CC(C)CC2. The largest absolute Gasteiger partial charge is 0.400 e. The minimum absolute atomic E-state index is 0.775. The number of hydrogen-bond acceptors (Lipinski definition) is 0. The quantitative estimate of drug-likeness (QED) is 0.648. The summed E-state index contributed by atoms with van der Waals surface area (Å²) in [6.45, 7) is 2.32. The average molecular weight is 274 g/mol. The van der Waals surface area contributed by atoms with Crippen molar-refractivity contribution in [3.8, 4) is 0 Å². The van der Waals surface area contributed by atoms with Crippen molar-refractivity contribution in [3.05, 3.63) is 33.9 Å². The summed E-state index contributed by atoms with van der Waals surface area (Å²) in [5, 5.41) is 1.32. The summed E-state index contributed by atoms with van der Waals surface area (Å²) in [7, 11) is 6.16. The number of rotatable bonds is 0. The molecule has 1 aliphatic carbocycles. The Morgan fingerprint density at radius 2 is 2.25 bits per heavy atom. The van der Waals surface area contributed by atoms with Gasteiger partial charge in [-0.25, -0.2) is 0 Å². The van der Waals surface area contributed by atoms with E-state index in [1.54, 1.807) is 0 Å². The molecule has 0 amide bonds. The number of halogens is 1. The molecule has 0 saturated carbocycles. The summed E-state index contributed by atoms with van der Waals surface area (Å²) in [6, 6.07) is 6.35. The Balaban J connectivity index is 2.33. The van der Waals surface area contributed by atoms with E-state index in [0.29, 0.717) is 0 Å². The molecule has 1 aliphatic rings. The molecule has 1 heterocycles. The standard InChI is InChI=1S/C13H13BBrN/c1-8-2-4-12-10(6-8)11-7-9(15)3-5-13(11)16(12)14/h3,5,7-8H,2,4,6H2,1H3. The number of aromatic nitrogens is 1. The normalized spacial score (nSPS) is 20.0. The lowest BCUT2D eigenvalue weighted by atomic mass is 9.87. The highest BCUT2D eigenvalue weighted by atomic mass is 79.9. The van der Waals surface area contributed by atoms with Crippen molar-refractivity contribution >= 4 is 34.8 Å². The van der Waals surface area contributed by atoms with Crippen LogP contribution in [0.25, 0.3) is 10.9 Å². The second-order valence-electron chi connectivity index (χ2n) is 4.80. The molecule has 3 heteroatoms. The Bertz CT molecular complexity index is 559. The third kappa shape index (κ3) is 1.45. The highest BCUT2D eigenvalue weighted by molar-refractivity contribution is 9.10. The number of hydrogen-bond donors (Lipinski definition) is 0. The predicted octanol–water partition coefficient (Wildman–Crippen LogP) is 3.46. The van der Waals surface area contributed by atoms with Crippen LogP contribution in [-0.2, 0) is 12.8 Å². The van der Waals surface area contributed by atoms with Crippen LogP contribution in [0.2, 0.25) is 0 Å². The van der Waals surface area contributed by atoms with Gasteiger partial charge in [0.2, 0.25) is 7.98 Å². The van der Waals surface area contributed by atoms with Crippen LogP contribution >= 0.6 is 15.9 Å². The van der Waals surface area contributed by atoms with E-state index in [9.17, 15) is 0 Å². The van der Waals surface area contributed by atoms with Crippen molar-refractivity contribution in [3.63, 3.8) is 0 Å². The second-order valence-corrected chi connectivity index (χ2v) is 5.72. The van der Waals surface area contributed by atoms with Gasteiger partial charge in [0.05, 0.1) is 0 Å². The van der Waals surface area contributed by atoms with Crippen molar-refractivity contribution in [1.82, 2.24) is 4.48 Å². The van der Waals surface area contributed by atoms with Gasteiger partial charge in [-0.3, -0.25) is 0 Å². The Morgan fingerprint density at radius 3 is 3.06 bits per heavy atom. The van der Waals surface area contributed by atoms with E-state index in [2.05, 4.69) is 41.1 Å². The van der Waals surface area contributed by atoms with E-state index < -0.39 is 0 Å². The van der Waals surface area contributed by atoms with Crippen LogP contribution in [-0.4, -0.2) is 12.5 Å². The number of fused-ring (bicyclic) bond motifs is 3. The lowest BCUT2D eigenvalue weighted by molar-refractivity contribution is 0.497. The monoisotopic (exact) mass is 273 g/mol. The van der Waals surface area contributed by atoms with Crippen LogP contribution < -0.4 is 0 Å². The van der Waals surface area contributed by atoms with E-state index in [0.717, 1.165) is 28.7 Å². The molecule has 0 N–H and O–H groups in total. The highest BCUT2D eigenvalue weighted by Crippen LogP contribution is 2.34. The second kappa shape index (κ2) is 3.66. The van der Waals surface area contributed by atoms with Crippen LogP contribution in [0.3, 0.4) is 0 Å². The van der Waals surface area contributed by atoms with Crippen molar-refractivity contribution in [2.24, 2.45) is 5.92 Å². The molecule has 0 bridgehead atoms. The third-order valence-corrected chi connectivity index (χ3v) is 4.10. The van der Waals surface area contributed by atoms with Gasteiger partial charge in [-0.1, -0.05) is 22.9 Å². The molecule has 2 radical (unpaired) electrons. The van der Waals surface area contributed by atoms with Crippen LogP contribution in [0, 0.1) is 5.92 Å². The van der Waals surface area contributed by atoms with Gasteiger partial charge in [-0.15, -0.1) is 0 Å². The summed E-state index contributed by atoms with van der Waals surface area (Å²) in [4.78, 5) is 0. The first kappa shape index (κ1) is 10.5. The first-order valence-electron chi connectivity index (χ1n) is 5.73. The molecule has 1 atom stereocenters. The summed E-state index contributed by atoms with van der Waals surface area (Å²) in [5.41, 5.74) is 3.94. The van der Waals surface area contributed by atoms with E-state index in [4.69, 9.17) is 7.98 Å². The van der Waals surface area contributed by atoms with E-state index in [1.807, 2.05) is 4.48 Å². The molecule has 0 saturated heterocycles. The van der Waals surface area contributed by atoms with Gasteiger partial charge >= 0.3 is 0 Å². The first-order valence-corrected chi connectivity index (χ1v) is 6.53. The van der Waals surface area contributed by atoms with Gasteiger partial charge in [0.1, 0.15) is 0 Å². The average Bonchev–Trinajstić information content (AvgIpc) is 2.52. The smallest absolute Gasteiger partial charge is 0.234 e. The maximum absolute atomic E-state index is 6.16. The van der Waals surface area contributed by atoms with Crippen LogP contribution in [0.4, 0.5) is 0 Å². The Hall–Kier alpha value is -0.695. The van der Waals surface area contributed by atoms with E-state index >= 15 is 0 Å². The molecule has 1 unspecified atom stereocenters. The minimum Gasteiger partial charge on any atom is -0.400 e.